The Bertz CT molecular complexity index is 395. The molecule has 1 amide bonds. The number of carbonyl (C=O) groups excluding carboxylic acids is 1. The minimum absolute atomic E-state index is 0.0739. The third kappa shape index (κ3) is 3.66. The zero-order chi connectivity index (χ0) is 12.8. The van der Waals surface area contributed by atoms with Gasteiger partial charge in [-0.15, -0.1) is 0 Å². The molecule has 4 nitrogen and oxygen atoms in total. The van der Waals surface area contributed by atoms with Gasteiger partial charge < -0.3 is 10.0 Å². The summed E-state index contributed by atoms with van der Waals surface area (Å²) in [5.74, 6) is 0.0739. The van der Waals surface area contributed by atoms with Gasteiger partial charge in [-0.1, -0.05) is 0 Å². The van der Waals surface area contributed by atoms with Crippen molar-refractivity contribution in [2.45, 2.75) is 0 Å². The Kier molecular flexibility index (Phi) is 4.92. The second-order valence-electron chi connectivity index (χ2n) is 4.28. The molecule has 0 bridgehead atoms. The highest BCUT2D eigenvalue weighted by Gasteiger charge is 2.18. The average molecular weight is 266 g/mol. The first-order valence-electron chi connectivity index (χ1n) is 6.12. The Morgan fingerprint density at radius 2 is 2.17 bits per heavy atom. The quantitative estimate of drug-likeness (QED) is 0.823. The van der Waals surface area contributed by atoms with Crippen LogP contribution in [0.5, 0.6) is 0 Å². The molecule has 2 rings (SSSR count). The molecule has 0 unspecified atom stereocenters. The van der Waals surface area contributed by atoms with Crippen molar-refractivity contribution in [2.75, 3.05) is 39.3 Å². The van der Waals surface area contributed by atoms with Crippen LogP contribution in [0.15, 0.2) is 22.9 Å². The Balaban J connectivity index is 1.80. The van der Waals surface area contributed by atoms with Gasteiger partial charge in [0.25, 0.3) is 0 Å². The average Bonchev–Trinajstić information content (AvgIpc) is 2.90. The molecule has 18 heavy (non-hydrogen) atoms. The van der Waals surface area contributed by atoms with Gasteiger partial charge in [-0.2, -0.15) is 11.3 Å². The SMILES string of the molecule is O=C(/C=C/c1ccsc1)N1CCN(CCO)CC1. The van der Waals surface area contributed by atoms with E-state index >= 15 is 0 Å². The van der Waals surface area contributed by atoms with Crippen LogP contribution in [0.2, 0.25) is 0 Å². The monoisotopic (exact) mass is 266 g/mol. The third-order valence-electron chi connectivity index (χ3n) is 3.06. The smallest absolute Gasteiger partial charge is 0.246 e. The summed E-state index contributed by atoms with van der Waals surface area (Å²) in [7, 11) is 0. The van der Waals surface area contributed by atoms with Crippen LogP contribution in [0.4, 0.5) is 0 Å². The van der Waals surface area contributed by atoms with E-state index in [0.29, 0.717) is 6.54 Å². The molecule has 0 saturated carbocycles. The van der Waals surface area contributed by atoms with Crippen LogP contribution in [-0.2, 0) is 4.79 Å². The van der Waals surface area contributed by atoms with Crippen LogP contribution < -0.4 is 0 Å². The lowest BCUT2D eigenvalue weighted by Gasteiger charge is -2.33. The predicted octanol–water partition coefficient (Wildman–Crippen LogP) is 0.898. The third-order valence-corrected chi connectivity index (χ3v) is 3.76. The van der Waals surface area contributed by atoms with Crippen molar-refractivity contribution in [1.29, 1.82) is 0 Å². The number of aliphatic hydroxyl groups is 1. The molecule has 0 aliphatic carbocycles. The lowest BCUT2D eigenvalue weighted by Crippen LogP contribution is -2.48. The Labute approximate surface area is 111 Å². The maximum atomic E-state index is 11.9. The maximum absolute atomic E-state index is 11.9. The van der Waals surface area contributed by atoms with E-state index in [1.54, 1.807) is 17.4 Å². The number of nitrogens with zero attached hydrogens (tertiary/aromatic N) is 2. The number of amides is 1. The minimum atomic E-state index is 0.0739. The fourth-order valence-electron chi connectivity index (χ4n) is 1.98. The van der Waals surface area contributed by atoms with Crippen molar-refractivity contribution in [3.63, 3.8) is 0 Å². The normalized spacial score (nSPS) is 17.5. The zero-order valence-corrected chi connectivity index (χ0v) is 11.1. The first-order valence-corrected chi connectivity index (χ1v) is 7.06. The summed E-state index contributed by atoms with van der Waals surface area (Å²) >= 11 is 1.63. The number of thiophene rings is 1. The molecule has 0 aromatic carbocycles. The fourth-order valence-corrected chi connectivity index (χ4v) is 2.60. The topological polar surface area (TPSA) is 43.8 Å². The molecule has 1 aliphatic rings. The number of hydrogen-bond donors (Lipinski definition) is 1. The molecule has 2 heterocycles. The molecule has 1 fully saturated rings. The van der Waals surface area contributed by atoms with Crippen LogP contribution in [0.3, 0.4) is 0 Å². The molecule has 98 valence electrons. The van der Waals surface area contributed by atoms with E-state index in [4.69, 9.17) is 5.11 Å². The van der Waals surface area contributed by atoms with Gasteiger partial charge in [0.1, 0.15) is 0 Å². The standard InChI is InChI=1S/C13H18N2O2S/c16-9-8-14-4-6-15(7-5-14)13(17)2-1-12-3-10-18-11-12/h1-3,10-11,16H,4-9H2/b2-1+. The molecule has 1 N–H and O–H groups in total. The van der Waals surface area contributed by atoms with Crippen LogP contribution in [0, 0.1) is 0 Å². The first-order chi connectivity index (χ1) is 8.79. The van der Waals surface area contributed by atoms with Gasteiger partial charge >= 0.3 is 0 Å². The molecule has 1 aromatic rings. The highest BCUT2D eigenvalue weighted by molar-refractivity contribution is 7.08. The van der Waals surface area contributed by atoms with Gasteiger partial charge in [0.05, 0.1) is 6.61 Å². The summed E-state index contributed by atoms with van der Waals surface area (Å²) in [5, 5.41) is 12.9. The fraction of sp³-hybridized carbons (Fsp3) is 0.462. The Morgan fingerprint density at radius 3 is 2.78 bits per heavy atom. The highest BCUT2D eigenvalue weighted by Crippen LogP contribution is 2.09. The van der Waals surface area contributed by atoms with Gasteiger partial charge in [-0.3, -0.25) is 9.69 Å². The number of hydrogen-bond acceptors (Lipinski definition) is 4. The zero-order valence-electron chi connectivity index (χ0n) is 10.3. The summed E-state index contributed by atoms with van der Waals surface area (Å²) < 4.78 is 0. The van der Waals surface area contributed by atoms with Crippen LogP contribution >= 0.6 is 11.3 Å². The van der Waals surface area contributed by atoms with Crippen molar-refractivity contribution >= 4 is 23.3 Å². The first kappa shape index (κ1) is 13.3. The summed E-state index contributed by atoms with van der Waals surface area (Å²) in [6, 6.07) is 1.99. The summed E-state index contributed by atoms with van der Waals surface area (Å²) in [6.07, 6.45) is 3.50. The molecule has 1 saturated heterocycles. The van der Waals surface area contributed by atoms with E-state index in [2.05, 4.69) is 4.90 Å². The molecule has 0 atom stereocenters. The second-order valence-corrected chi connectivity index (χ2v) is 5.06. The Hall–Kier alpha value is -1.17. The van der Waals surface area contributed by atoms with Crippen molar-refractivity contribution in [3.05, 3.63) is 28.5 Å². The predicted molar refractivity (Wildman–Crippen MR) is 73.5 cm³/mol. The molecule has 1 aromatic heterocycles. The minimum Gasteiger partial charge on any atom is -0.395 e. The number of piperazine rings is 1. The molecule has 1 aliphatic heterocycles. The molecule has 0 radical (unpaired) electrons. The van der Waals surface area contributed by atoms with Crippen molar-refractivity contribution in [1.82, 2.24) is 9.80 Å². The molecular weight excluding hydrogens is 248 g/mol. The highest BCUT2D eigenvalue weighted by atomic mass is 32.1. The molecule has 5 heteroatoms. The van der Waals surface area contributed by atoms with Crippen molar-refractivity contribution < 1.29 is 9.90 Å². The van der Waals surface area contributed by atoms with Gasteiger partial charge in [-0.05, 0) is 28.5 Å². The summed E-state index contributed by atoms with van der Waals surface area (Å²) in [4.78, 5) is 16.0. The lowest BCUT2D eigenvalue weighted by molar-refractivity contribution is -0.127. The number of aliphatic hydroxyl groups excluding tert-OH is 1. The number of carbonyl (C=O) groups is 1. The van der Waals surface area contributed by atoms with Crippen molar-refractivity contribution in [2.24, 2.45) is 0 Å². The van der Waals surface area contributed by atoms with Gasteiger partial charge in [0, 0.05) is 38.8 Å². The van der Waals surface area contributed by atoms with Crippen LogP contribution in [-0.4, -0.2) is 60.1 Å². The van der Waals surface area contributed by atoms with E-state index in [0.717, 1.165) is 31.7 Å². The summed E-state index contributed by atoms with van der Waals surface area (Å²) in [5.41, 5.74) is 1.08. The van der Waals surface area contributed by atoms with E-state index in [1.165, 1.54) is 0 Å². The van der Waals surface area contributed by atoms with Crippen molar-refractivity contribution in [3.8, 4) is 0 Å². The van der Waals surface area contributed by atoms with E-state index < -0.39 is 0 Å². The van der Waals surface area contributed by atoms with E-state index in [9.17, 15) is 4.79 Å². The maximum Gasteiger partial charge on any atom is 0.246 e. The van der Waals surface area contributed by atoms with Gasteiger partial charge in [0.15, 0.2) is 0 Å². The van der Waals surface area contributed by atoms with Gasteiger partial charge in [-0.25, -0.2) is 0 Å². The van der Waals surface area contributed by atoms with Crippen LogP contribution in [0.1, 0.15) is 5.56 Å². The largest absolute Gasteiger partial charge is 0.395 e. The van der Waals surface area contributed by atoms with E-state index in [-0.39, 0.29) is 12.5 Å². The van der Waals surface area contributed by atoms with Crippen LogP contribution in [0.25, 0.3) is 6.08 Å². The Morgan fingerprint density at radius 1 is 1.39 bits per heavy atom. The lowest BCUT2D eigenvalue weighted by atomic mass is 10.2. The second kappa shape index (κ2) is 6.68. The molecule has 0 spiro atoms. The van der Waals surface area contributed by atoms with E-state index in [1.807, 2.05) is 27.8 Å². The number of rotatable bonds is 4. The van der Waals surface area contributed by atoms with Gasteiger partial charge in [0.2, 0.25) is 5.91 Å². The summed E-state index contributed by atoms with van der Waals surface area (Å²) in [6.45, 7) is 4.07. The molecular formula is C13H18N2O2S. The number of β-amino-alcohol motifs (C(OH)–C–C–N with tert-alkyl or cyclic N) is 1.